The van der Waals surface area contributed by atoms with Crippen LogP contribution in [0.1, 0.15) is 19.3 Å². The Kier molecular flexibility index (Phi) is 3.42. The van der Waals surface area contributed by atoms with E-state index in [1.807, 2.05) is 35.1 Å². The summed E-state index contributed by atoms with van der Waals surface area (Å²) in [6.07, 6.45) is 8.84. The fourth-order valence-corrected chi connectivity index (χ4v) is 3.12. The van der Waals surface area contributed by atoms with Gasteiger partial charge in [-0.05, 0) is 31.4 Å². The molecular weight excluding hydrogens is 276 g/mol. The molecule has 0 amide bonds. The molecule has 0 aliphatic carbocycles. The smallest absolute Gasteiger partial charge is 0.148 e. The van der Waals surface area contributed by atoms with Gasteiger partial charge in [-0.1, -0.05) is 12.1 Å². The van der Waals surface area contributed by atoms with E-state index in [-0.39, 0.29) is 0 Å². The van der Waals surface area contributed by atoms with Crippen LogP contribution in [0.2, 0.25) is 0 Å². The van der Waals surface area contributed by atoms with Gasteiger partial charge in [0.25, 0.3) is 0 Å². The van der Waals surface area contributed by atoms with Gasteiger partial charge in [-0.15, -0.1) is 0 Å². The van der Waals surface area contributed by atoms with Gasteiger partial charge in [0, 0.05) is 6.54 Å². The minimum absolute atomic E-state index is 0.394. The van der Waals surface area contributed by atoms with E-state index < -0.39 is 0 Å². The van der Waals surface area contributed by atoms with Gasteiger partial charge in [0.05, 0.1) is 29.8 Å². The second-order valence-corrected chi connectivity index (χ2v) is 5.68. The van der Waals surface area contributed by atoms with Crippen LogP contribution in [0.4, 0.5) is 5.82 Å². The summed E-state index contributed by atoms with van der Waals surface area (Å²) in [5.74, 6) is 0.962. The van der Waals surface area contributed by atoms with E-state index in [2.05, 4.69) is 20.0 Å². The molecule has 1 aromatic carbocycles. The van der Waals surface area contributed by atoms with Gasteiger partial charge in [0.15, 0.2) is 0 Å². The van der Waals surface area contributed by atoms with Crippen LogP contribution in [0.5, 0.6) is 0 Å². The summed E-state index contributed by atoms with van der Waals surface area (Å²) < 4.78 is 1.90. The molecule has 1 aliphatic rings. The lowest BCUT2D eigenvalue weighted by atomic mass is 10.0. The van der Waals surface area contributed by atoms with Gasteiger partial charge in [-0.2, -0.15) is 5.10 Å². The predicted molar refractivity (Wildman–Crippen MR) is 84.5 cm³/mol. The Morgan fingerprint density at radius 1 is 1.14 bits per heavy atom. The van der Waals surface area contributed by atoms with Crippen molar-refractivity contribution in [3.05, 3.63) is 43.1 Å². The Bertz CT molecular complexity index is 754. The molecule has 2 aromatic heterocycles. The van der Waals surface area contributed by atoms with Crippen LogP contribution in [0.15, 0.2) is 43.1 Å². The molecule has 6 nitrogen and oxygen atoms in total. The lowest BCUT2D eigenvalue weighted by molar-refractivity contribution is 0.396. The SMILES string of the molecule is c1ccc2nc(N3CCCC[C@@H]3Cn3cncn3)cnc2c1. The van der Waals surface area contributed by atoms with Crippen molar-refractivity contribution in [3.63, 3.8) is 0 Å². The first-order valence-corrected chi connectivity index (χ1v) is 7.71. The van der Waals surface area contributed by atoms with Crippen LogP contribution >= 0.6 is 0 Å². The average molecular weight is 294 g/mol. The summed E-state index contributed by atoms with van der Waals surface area (Å²) >= 11 is 0. The lowest BCUT2D eigenvalue weighted by Crippen LogP contribution is -2.42. The Morgan fingerprint density at radius 2 is 2.05 bits per heavy atom. The maximum Gasteiger partial charge on any atom is 0.148 e. The number of rotatable bonds is 3. The van der Waals surface area contributed by atoms with Crippen molar-refractivity contribution in [3.8, 4) is 0 Å². The highest BCUT2D eigenvalue weighted by Crippen LogP contribution is 2.25. The van der Waals surface area contributed by atoms with Crippen molar-refractivity contribution < 1.29 is 0 Å². The number of fused-ring (bicyclic) bond motifs is 1. The highest BCUT2D eigenvalue weighted by Gasteiger charge is 2.24. The van der Waals surface area contributed by atoms with Gasteiger partial charge < -0.3 is 4.90 Å². The quantitative estimate of drug-likeness (QED) is 0.741. The van der Waals surface area contributed by atoms with Crippen LogP contribution in [0.25, 0.3) is 11.0 Å². The molecule has 6 heteroatoms. The summed E-state index contributed by atoms with van der Waals surface area (Å²) in [6, 6.07) is 8.40. The zero-order valence-electron chi connectivity index (χ0n) is 12.3. The molecule has 22 heavy (non-hydrogen) atoms. The summed E-state index contributed by atoms with van der Waals surface area (Å²) in [5, 5.41) is 4.23. The molecule has 0 spiro atoms. The highest BCUT2D eigenvalue weighted by atomic mass is 15.3. The van der Waals surface area contributed by atoms with Crippen LogP contribution in [-0.4, -0.2) is 37.3 Å². The molecular formula is C16H18N6. The van der Waals surface area contributed by atoms with Crippen molar-refractivity contribution in [2.45, 2.75) is 31.8 Å². The lowest BCUT2D eigenvalue weighted by Gasteiger charge is -2.36. The monoisotopic (exact) mass is 294 g/mol. The van der Waals surface area contributed by atoms with E-state index in [4.69, 9.17) is 4.98 Å². The minimum Gasteiger partial charge on any atom is -0.350 e. The van der Waals surface area contributed by atoms with Crippen molar-refractivity contribution in [2.75, 3.05) is 11.4 Å². The van der Waals surface area contributed by atoms with Crippen LogP contribution in [0.3, 0.4) is 0 Å². The predicted octanol–water partition coefficient (Wildman–Crippen LogP) is 2.28. The van der Waals surface area contributed by atoms with Gasteiger partial charge in [-0.25, -0.2) is 9.97 Å². The largest absolute Gasteiger partial charge is 0.350 e. The van der Waals surface area contributed by atoms with Gasteiger partial charge >= 0.3 is 0 Å². The number of aromatic nitrogens is 5. The maximum atomic E-state index is 4.80. The third-order valence-electron chi connectivity index (χ3n) is 4.22. The van der Waals surface area contributed by atoms with Crippen LogP contribution in [-0.2, 0) is 6.54 Å². The molecule has 0 bridgehead atoms. The molecule has 0 saturated carbocycles. The molecule has 1 saturated heterocycles. The number of benzene rings is 1. The first kappa shape index (κ1) is 13.2. The van der Waals surface area contributed by atoms with Crippen molar-refractivity contribution in [1.82, 2.24) is 24.7 Å². The first-order chi connectivity index (χ1) is 10.9. The molecule has 0 radical (unpaired) electrons. The normalized spacial score (nSPS) is 18.7. The van der Waals surface area contributed by atoms with Gasteiger partial charge in [0.2, 0.25) is 0 Å². The Labute approximate surface area is 128 Å². The summed E-state index contributed by atoms with van der Waals surface area (Å²) in [7, 11) is 0. The molecule has 1 aliphatic heterocycles. The fourth-order valence-electron chi connectivity index (χ4n) is 3.12. The van der Waals surface area contributed by atoms with Crippen LogP contribution in [0, 0.1) is 0 Å². The van der Waals surface area contributed by atoms with E-state index in [0.717, 1.165) is 36.4 Å². The van der Waals surface area contributed by atoms with Crippen molar-refractivity contribution >= 4 is 16.9 Å². The number of anilines is 1. The Balaban J connectivity index is 1.64. The summed E-state index contributed by atoms with van der Waals surface area (Å²) in [6.45, 7) is 1.86. The standard InChI is InChI=1S/C16H18N6/c1-2-7-15-14(6-1)18-9-16(20-15)22-8-4-3-5-13(22)10-21-12-17-11-19-21/h1-2,6-7,9,11-13H,3-5,8,10H2/t13-/m1/s1. The van der Waals surface area contributed by atoms with Gasteiger partial charge in [0.1, 0.15) is 18.5 Å². The van der Waals surface area contributed by atoms with E-state index in [9.17, 15) is 0 Å². The Morgan fingerprint density at radius 3 is 2.91 bits per heavy atom. The Hall–Kier alpha value is -2.50. The highest BCUT2D eigenvalue weighted by molar-refractivity contribution is 5.75. The van der Waals surface area contributed by atoms with E-state index >= 15 is 0 Å². The number of para-hydroxylation sites is 2. The third kappa shape index (κ3) is 2.52. The molecule has 4 rings (SSSR count). The third-order valence-corrected chi connectivity index (χ3v) is 4.22. The maximum absolute atomic E-state index is 4.80. The molecule has 3 aromatic rings. The summed E-state index contributed by atoms with van der Waals surface area (Å²) in [5.41, 5.74) is 1.89. The molecule has 112 valence electrons. The zero-order valence-corrected chi connectivity index (χ0v) is 12.3. The molecule has 1 fully saturated rings. The van der Waals surface area contributed by atoms with E-state index in [1.54, 1.807) is 12.7 Å². The topological polar surface area (TPSA) is 59.7 Å². The zero-order chi connectivity index (χ0) is 14.8. The van der Waals surface area contributed by atoms with Crippen molar-refractivity contribution in [1.29, 1.82) is 0 Å². The molecule has 0 unspecified atom stereocenters. The number of hydrogen-bond donors (Lipinski definition) is 0. The van der Waals surface area contributed by atoms with Crippen LogP contribution < -0.4 is 4.90 Å². The molecule has 1 atom stereocenters. The average Bonchev–Trinajstić information content (AvgIpc) is 3.08. The van der Waals surface area contributed by atoms with Crippen molar-refractivity contribution in [2.24, 2.45) is 0 Å². The molecule has 3 heterocycles. The first-order valence-electron chi connectivity index (χ1n) is 7.71. The number of hydrogen-bond acceptors (Lipinski definition) is 5. The second kappa shape index (κ2) is 5.71. The van der Waals surface area contributed by atoms with Gasteiger partial charge in [-0.3, -0.25) is 9.67 Å². The summed E-state index contributed by atoms with van der Waals surface area (Å²) in [4.78, 5) is 15.7. The number of nitrogens with zero attached hydrogens (tertiary/aromatic N) is 6. The molecule has 0 N–H and O–H groups in total. The fraction of sp³-hybridized carbons (Fsp3) is 0.375. The van der Waals surface area contributed by atoms with E-state index in [1.165, 1.54) is 12.8 Å². The van der Waals surface area contributed by atoms with E-state index in [0.29, 0.717) is 6.04 Å². The number of piperidine rings is 1. The minimum atomic E-state index is 0.394. The second-order valence-electron chi connectivity index (χ2n) is 5.68.